The molecule has 0 aromatic rings. The molecule has 0 radical (unpaired) electrons. The number of hydrogen-bond acceptors (Lipinski definition) is 0. The maximum Gasteiger partial charge on any atom is -0.0300 e. The average molecular weight is 170 g/mol. The van der Waals surface area contributed by atoms with Gasteiger partial charge in [-0.25, -0.2) is 0 Å². The van der Waals surface area contributed by atoms with Crippen LogP contribution in [0.3, 0.4) is 0 Å². The van der Waals surface area contributed by atoms with E-state index in [9.17, 15) is 0 Å². The van der Waals surface area contributed by atoms with E-state index < -0.39 is 0 Å². The molecule has 0 aliphatic carbocycles. The second-order valence-electron chi connectivity index (χ2n) is 4.27. The van der Waals surface area contributed by atoms with Gasteiger partial charge in [0.1, 0.15) is 0 Å². The zero-order chi connectivity index (χ0) is 9.61. The molecule has 0 amide bonds. The van der Waals surface area contributed by atoms with Gasteiger partial charge in [0.2, 0.25) is 0 Å². The lowest BCUT2D eigenvalue weighted by Crippen LogP contribution is -2.25. The zero-order valence-corrected chi connectivity index (χ0v) is 9.61. The zero-order valence-electron chi connectivity index (χ0n) is 9.61. The monoisotopic (exact) mass is 170 g/mol. The minimum Gasteiger partial charge on any atom is -0.0654 e. The summed E-state index contributed by atoms with van der Waals surface area (Å²) in [4.78, 5) is 0. The predicted molar refractivity (Wildman–Crippen MR) is 57.4 cm³/mol. The molecule has 0 saturated carbocycles. The van der Waals surface area contributed by atoms with Gasteiger partial charge < -0.3 is 0 Å². The Morgan fingerprint density at radius 1 is 1.00 bits per heavy atom. The quantitative estimate of drug-likeness (QED) is 0.545. The molecule has 1 unspecified atom stereocenters. The summed E-state index contributed by atoms with van der Waals surface area (Å²) >= 11 is 0. The maximum absolute atomic E-state index is 2.47. The van der Waals surface area contributed by atoms with Crippen molar-refractivity contribution >= 4 is 0 Å². The van der Waals surface area contributed by atoms with Crippen molar-refractivity contribution in [2.24, 2.45) is 11.3 Å². The maximum atomic E-state index is 2.47. The highest BCUT2D eigenvalue weighted by atomic mass is 14.3. The Morgan fingerprint density at radius 3 is 1.75 bits per heavy atom. The van der Waals surface area contributed by atoms with Crippen molar-refractivity contribution in [3.63, 3.8) is 0 Å². The van der Waals surface area contributed by atoms with Crippen molar-refractivity contribution in [3.05, 3.63) is 0 Å². The van der Waals surface area contributed by atoms with Gasteiger partial charge in [-0.3, -0.25) is 0 Å². The average Bonchev–Trinajstić information content (AvgIpc) is 2.07. The minimum absolute atomic E-state index is 0.609. The predicted octanol–water partition coefficient (Wildman–Crippen LogP) is 4.64. The minimum atomic E-state index is 0.609. The molecule has 0 fully saturated rings. The van der Waals surface area contributed by atoms with Crippen LogP contribution in [0.15, 0.2) is 0 Å². The SMILES string of the molecule is CCCC(C)(CC)C(CC)CC. The molecule has 0 N–H and O–H groups in total. The highest BCUT2D eigenvalue weighted by molar-refractivity contribution is 4.79. The van der Waals surface area contributed by atoms with Crippen molar-refractivity contribution in [3.8, 4) is 0 Å². The van der Waals surface area contributed by atoms with Crippen molar-refractivity contribution in [2.75, 3.05) is 0 Å². The van der Waals surface area contributed by atoms with Crippen molar-refractivity contribution in [1.82, 2.24) is 0 Å². The molecule has 0 nitrogen and oxygen atoms in total. The van der Waals surface area contributed by atoms with E-state index in [1.165, 1.54) is 32.1 Å². The fourth-order valence-electron chi connectivity index (χ4n) is 2.51. The molecular formula is C12H26. The van der Waals surface area contributed by atoms with E-state index in [1.54, 1.807) is 0 Å². The molecule has 1 atom stereocenters. The summed E-state index contributed by atoms with van der Waals surface area (Å²) in [5.41, 5.74) is 0.609. The first-order valence-corrected chi connectivity index (χ1v) is 5.64. The Morgan fingerprint density at radius 2 is 1.50 bits per heavy atom. The molecule has 12 heavy (non-hydrogen) atoms. The third kappa shape index (κ3) is 2.80. The molecule has 0 aromatic carbocycles. The summed E-state index contributed by atoms with van der Waals surface area (Å²) in [6.07, 6.45) is 6.77. The molecule has 0 bridgehead atoms. The van der Waals surface area contributed by atoms with E-state index >= 15 is 0 Å². The molecule has 74 valence electrons. The van der Waals surface area contributed by atoms with Crippen LogP contribution in [0.2, 0.25) is 0 Å². The normalized spacial score (nSPS) is 16.5. The van der Waals surface area contributed by atoms with Crippen molar-refractivity contribution in [2.45, 2.75) is 66.7 Å². The van der Waals surface area contributed by atoms with Crippen LogP contribution in [0, 0.1) is 11.3 Å². The van der Waals surface area contributed by atoms with Crippen LogP contribution in [0.25, 0.3) is 0 Å². The third-order valence-corrected chi connectivity index (χ3v) is 3.60. The Balaban J connectivity index is 4.24. The number of hydrogen-bond donors (Lipinski definition) is 0. The van der Waals surface area contributed by atoms with Gasteiger partial charge in [0, 0.05) is 0 Å². The van der Waals surface area contributed by atoms with Crippen molar-refractivity contribution < 1.29 is 0 Å². The Kier molecular flexibility index (Phi) is 5.61. The van der Waals surface area contributed by atoms with E-state index in [4.69, 9.17) is 0 Å². The van der Waals surface area contributed by atoms with Gasteiger partial charge in [-0.05, 0) is 17.8 Å². The molecule has 0 saturated heterocycles. The first kappa shape index (κ1) is 12.0. The second-order valence-corrected chi connectivity index (χ2v) is 4.27. The van der Waals surface area contributed by atoms with Gasteiger partial charge in [0.25, 0.3) is 0 Å². The van der Waals surface area contributed by atoms with Gasteiger partial charge in [0.15, 0.2) is 0 Å². The fraction of sp³-hybridized carbons (Fsp3) is 1.00. The van der Waals surface area contributed by atoms with Gasteiger partial charge in [-0.1, -0.05) is 60.3 Å². The first-order valence-electron chi connectivity index (χ1n) is 5.64. The fourth-order valence-corrected chi connectivity index (χ4v) is 2.51. The summed E-state index contributed by atoms with van der Waals surface area (Å²) in [5.74, 6) is 0.933. The molecule has 0 aliphatic rings. The second kappa shape index (κ2) is 5.61. The van der Waals surface area contributed by atoms with E-state index in [0.717, 1.165) is 5.92 Å². The topological polar surface area (TPSA) is 0 Å². The van der Waals surface area contributed by atoms with E-state index in [2.05, 4.69) is 34.6 Å². The summed E-state index contributed by atoms with van der Waals surface area (Å²) in [6, 6.07) is 0. The van der Waals surface area contributed by atoms with Crippen LogP contribution in [0.4, 0.5) is 0 Å². The largest absolute Gasteiger partial charge is 0.0654 e. The van der Waals surface area contributed by atoms with Gasteiger partial charge in [-0.15, -0.1) is 0 Å². The molecule has 0 aliphatic heterocycles. The van der Waals surface area contributed by atoms with Crippen LogP contribution >= 0.6 is 0 Å². The smallest absolute Gasteiger partial charge is 0.0300 e. The Labute approximate surface area is 78.8 Å². The molecule has 0 heterocycles. The van der Waals surface area contributed by atoms with Crippen LogP contribution in [-0.4, -0.2) is 0 Å². The van der Waals surface area contributed by atoms with Gasteiger partial charge in [0.05, 0.1) is 0 Å². The lowest BCUT2D eigenvalue weighted by atomic mass is 9.70. The summed E-state index contributed by atoms with van der Waals surface area (Å²) < 4.78 is 0. The highest BCUT2D eigenvalue weighted by Gasteiger charge is 2.28. The molecule has 0 rings (SSSR count). The summed E-state index contributed by atoms with van der Waals surface area (Å²) in [6.45, 7) is 11.8. The molecule has 0 spiro atoms. The summed E-state index contributed by atoms with van der Waals surface area (Å²) in [7, 11) is 0. The van der Waals surface area contributed by atoms with Gasteiger partial charge in [-0.2, -0.15) is 0 Å². The first-order chi connectivity index (χ1) is 5.64. The number of rotatable bonds is 6. The molecule has 0 aromatic heterocycles. The lowest BCUT2D eigenvalue weighted by molar-refractivity contribution is 0.148. The summed E-state index contributed by atoms with van der Waals surface area (Å²) in [5, 5.41) is 0. The Bertz CT molecular complexity index is 103. The van der Waals surface area contributed by atoms with Crippen molar-refractivity contribution in [1.29, 1.82) is 0 Å². The van der Waals surface area contributed by atoms with Crippen LogP contribution < -0.4 is 0 Å². The lowest BCUT2D eigenvalue weighted by Gasteiger charge is -2.36. The standard InChI is InChI=1S/C12H26/c1-6-10-12(5,9-4)11(7-2)8-3/h11H,6-10H2,1-5H3. The van der Waals surface area contributed by atoms with E-state index in [0.29, 0.717) is 5.41 Å². The van der Waals surface area contributed by atoms with Crippen LogP contribution in [0.5, 0.6) is 0 Å². The van der Waals surface area contributed by atoms with E-state index in [1.807, 2.05) is 0 Å². The highest BCUT2D eigenvalue weighted by Crippen LogP contribution is 2.39. The molecule has 0 heteroatoms. The molecular weight excluding hydrogens is 144 g/mol. The third-order valence-electron chi connectivity index (χ3n) is 3.60. The van der Waals surface area contributed by atoms with Crippen LogP contribution in [0.1, 0.15) is 66.7 Å². The van der Waals surface area contributed by atoms with E-state index in [-0.39, 0.29) is 0 Å². The Hall–Kier alpha value is 0. The van der Waals surface area contributed by atoms with Gasteiger partial charge >= 0.3 is 0 Å². The van der Waals surface area contributed by atoms with Crippen LogP contribution in [-0.2, 0) is 0 Å².